The zero-order chi connectivity index (χ0) is 19.3. The number of hydrogen-bond donors (Lipinski definition) is 0. The first-order valence-electron chi connectivity index (χ1n) is 10.2. The van der Waals surface area contributed by atoms with Crippen LogP contribution in [0.15, 0.2) is 24.3 Å². The molecular weight excluding hydrogens is 348 g/mol. The van der Waals surface area contributed by atoms with E-state index in [4.69, 9.17) is 25.8 Å². The third-order valence-electron chi connectivity index (χ3n) is 6.00. The van der Waals surface area contributed by atoms with Crippen LogP contribution in [0, 0.1) is 11.3 Å². The zero-order valence-electron chi connectivity index (χ0n) is 17.3. The molecule has 0 saturated heterocycles. The first-order chi connectivity index (χ1) is 12.6. The fraction of sp³-hybridized carbons (Fsp3) is 0.818. The van der Waals surface area contributed by atoms with Crippen molar-refractivity contribution < 1.29 is 14.2 Å². The number of alkyl halides is 1. The molecule has 0 aliphatic heterocycles. The predicted octanol–water partition coefficient (Wildman–Crippen LogP) is 6.47. The highest BCUT2D eigenvalue weighted by molar-refractivity contribution is 6.18. The van der Waals surface area contributed by atoms with E-state index < -0.39 is 5.97 Å². The molecule has 0 N–H and O–H groups in total. The summed E-state index contributed by atoms with van der Waals surface area (Å²) in [5.74, 6) is 0.345. The average molecular weight is 387 g/mol. The summed E-state index contributed by atoms with van der Waals surface area (Å²) in [5, 5.41) is 0. The standard InChI is InChI=1S/C22H39ClO3/c1-5-21(17-14-11-15-20(21)19-23)16-12-9-7-6-8-10-13-18-22(24-2,25-3)26-4/h11,14-15,17,20H,5-10,12-13,16,18-19H2,1-4H3. The van der Waals surface area contributed by atoms with Gasteiger partial charge < -0.3 is 14.2 Å². The minimum atomic E-state index is -0.866. The molecule has 0 aromatic carbocycles. The van der Waals surface area contributed by atoms with Gasteiger partial charge in [0.15, 0.2) is 0 Å². The van der Waals surface area contributed by atoms with Gasteiger partial charge in [-0.25, -0.2) is 0 Å². The highest BCUT2D eigenvalue weighted by Gasteiger charge is 2.33. The second-order valence-corrected chi connectivity index (χ2v) is 7.67. The molecule has 4 heteroatoms. The Labute approximate surface area is 166 Å². The average Bonchev–Trinajstić information content (AvgIpc) is 2.70. The fourth-order valence-corrected chi connectivity index (χ4v) is 4.44. The minimum absolute atomic E-state index is 0.278. The van der Waals surface area contributed by atoms with Gasteiger partial charge in [0.2, 0.25) is 0 Å². The smallest absolute Gasteiger partial charge is 0.282 e. The quantitative estimate of drug-likeness (QED) is 0.183. The summed E-state index contributed by atoms with van der Waals surface area (Å²) in [5.41, 5.74) is 0.278. The number of hydrogen-bond acceptors (Lipinski definition) is 3. The number of ether oxygens (including phenoxy) is 3. The van der Waals surface area contributed by atoms with Crippen LogP contribution in [0.3, 0.4) is 0 Å². The lowest BCUT2D eigenvalue weighted by molar-refractivity contribution is -0.355. The molecule has 0 amide bonds. The van der Waals surface area contributed by atoms with Crippen molar-refractivity contribution in [1.82, 2.24) is 0 Å². The lowest BCUT2D eigenvalue weighted by atomic mass is 9.68. The molecule has 2 atom stereocenters. The van der Waals surface area contributed by atoms with E-state index in [1.54, 1.807) is 21.3 Å². The lowest BCUT2D eigenvalue weighted by Crippen LogP contribution is -2.35. The van der Waals surface area contributed by atoms with Crippen molar-refractivity contribution in [3.63, 3.8) is 0 Å². The van der Waals surface area contributed by atoms with E-state index in [0.29, 0.717) is 5.92 Å². The predicted molar refractivity (Wildman–Crippen MR) is 111 cm³/mol. The van der Waals surface area contributed by atoms with Gasteiger partial charge in [0.1, 0.15) is 0 Å². The Bertz CT molecular complexity index is 409. The molecule has 2 unspecified atom stereocenters. The summed E-state index contributed by atoms with van der Waals surface area (Å²) in [4.78, 5) is 0. The number of halogens is 1. The molecule has 1 aliphatic rings. The molecule has 0 aromatic rings. The molecule has 0 radical (unpaired) electrons. The number of methoxy groups -OCH3 is 3. The Morgan fingerprint density at radius 3 is 2.00 bits per heavy atom. The maximum Gasteiger partial charge on any atom is 0.282 e. The normalized spacial score (nSPS) is 22.9. The lowest BCUT2D eigenvalue weighted by Gasteiger charge is -2.37. The van der Waals surface area contributed by atoms with Crippen molar-refractivity contribution >= 4 is 11.6 Å². The van der Waals surface area contributed by atoms with Gasteiger partial charge in [-0.1, -0.05) is 69.8 Å². The Kier molecular flexibility index (Phi) is 11.8. The number of allylic oxidation sites excluding steroid dienone is 4. The van der Waals surface area contributed by atoms with E-state index in [1.165, 1.54) is 51.4 Å². The molecule has 0 bridgehead atoms. The Morgan fingerprint density at radius 2 is 1.46 bits per heavy atom. The van der Waals surface area contributed by atoms with Crippen LogP contribution in [0.25, 0.3) is 0 Å². The summed E-state index contributed by atoms with van der Waals surface area (Å²) in [6.07, 6.45) is 21.0. The Balaban J connectivity index is 2.14. The third kappa shape index (κ3) is 6.99. The van der Waals surface area contributed by atoms with Crippen LogP contribution in [0.5, 0.6) is 0 Å². The van der Waals surface area contributed by atoms with Gasteiger partial charge in [-0.3, -0.25) is 0 Å². The molecule has 0 fully saturated rings. The van der Waals surface area contributed by atoms with E-state index in [0.717, 1.165) is 18.7 Å². The van der Waals surface area contributed by atoms with Crippen LogP contribution < -0.4 is 0 Å². The molecule has 0 aromatic heterocycles. The van der Waals surface area contributed by atoms with E-state index >= 15 is 0 Å². The molecular formula is C22H39ClO3. The maximum atomic E-state index is 6.21. The molecule has 152 valence electrons. The van der Waals surface area contributed by atoms with E-state index in [-0.39, 0.29) is 5.41 Å². The topological polar surface area (TPSA) is 27.7 Å². The third-order valence-corrected chi connectivity index (χ3v) is 6.34. The van der Waals surface area contributed by atoms with E-state index in [2.05, 4.69) is 31.2 Å². The highest BCUT2D eigenvalue weighted by Crippen LogP contribution is 2.42. The van der Waals surface area contributed by atoms with Crippen LogP contribution in [-0.4, -0.2) is 33.2 Å². The van der Waals surface area contributed by atoms with Crippen molar-refractivity contribution in [2.24, 2.45) is 11.3 Å². The van der Waals surface area contributed by atoms with E-state index in [1.807, 2.05) is 0 Å². The summed E-state index contributed by atoms with van der Waals surface area (Å²) in [7, 11) is 4.88. The molecule has 0 saturated carbocycles. The molecule has 0 spiro atoms. The van der Waals surface area contributed by atoms with Crippen molar-refractivity contribution in [2.45, 2.75) is 77.1 Å². The van der Waals surface area contributed by atoms with Gasteiger partial charge in [0.25, 0.3) is 5.97 Å². The van der Waals surface area contributed by atoms with E-state index in [9.17, 15) is 0 Å². The van der Waals surface area contributed by atoms with Crippen molar-refractivity contribution in [3.8, 4) is 0 Å². The van der Waals surface area contributed by atoms with Crippen LogP contribution in [0.4, 0.5) is 0 Å². The van der Waals surface area contributed by atoms with Gasteiger partial charge in [-0.05, 0) is 30.6 Å². The molecule has 1 rings (SSSR count). The summed E-state index contributed by atoms with van der Waals surface area (Å²) >= 11 is 6.21. The molecule has 0 heterocycles. The van der Waals surface area contributed by atoms with Gasteiger partial charge >= 0.3 is 0 Å². The van der Waals surface area contributed by atoms with Crippen LogP contribution in [-0.2, 0) is 14.2 Å². The van der Waals surface area contributed by atoms with Crippen molar-refractivity contribution in [2.75, 3.05) is 27.2 Å². The second kappa shape index (κ2) is 12.9. The Morgan fingerprint density at radius 1 is 0.885 bits per heavy atom. The second-order valence-electron chi connectivity index (χ2n) is 7.36. The van der Waals surface area contributed by atoms with Gasteiger partial charge in [-0.2, -0.15) is 0 Å². The fourth-order valence-electron chi connectivity index (χ4n) is 4.03. The summed E-state index contributed by atoms with van der Waals surface area (Å²) in [6.45, 7) is 2.29. The monoisotopic (exact) mass is 386 g/mol. The van der Waals surface area contributed by atoms with Crippen LogP contribution in [0.2, 0.25) is 0 Å². The largest absolute Gasteiger partial charge is 0.331 e. The van der Waals surface area contributed by atoms with Gasteiger partial charge in [0.05, 0.1) is 0 Å². The molecule has 26 heavy (non-hydrogen) atoms. The number of unbranched alkanes of at least 4 members (excludes halogenated alkanes) is 6. The van der Waals surface area contributed by atoms with Crippen molar-refractivity contribution in [1.29, 1.82) is 0 Å². The SMILES string of the molecule is CCC1(CCCCCCCCCC(OC)(OC)OC)C=CC=CC1CCl. The first kappa shape index (κ1) is 23.7. The van der Waals surface area contributed by atoms with Crippen LogP contribution in [0.1, 0.15) is 71.1 Å². The van der Waals surface area contributed by atoms with Gasteiger partial charge in [-0.15, -0.1) is 11.6 Å². The zero-order valence-corrected chi connectivity index (χ0v) is 18.0. The minimum Gasteiger partial charge on any atom is -0.331 e. The maximum absolute atomic E-state index is 6.21. The first-order valence-corrected chi connectivity index (χ1v) is 10.7. The number of rotatable bonds is 15. The van der Waals surface area contributed by atoms with Gasteiger partial charge in [0, 0.05) is 33.6 Å². The highest BCUT2D eigenvalue weighted by atomic mass is 35.5. The Hall–Kier alpha value is -0.350. The summed E-state index contributed by atoms with van der Waals surface area (Å²) < 4.78 is 16.0. The summed E-state index contributed by atoms with van der Waals surface area (Å²) in [6, 6.07) is 0. The van der Waals surface area contributed by atoms with Crippen molar-refractivity contribution in [3.05, 3.63) is 24.3 Å². The van der Waals surface area contributed by atoms with Crippen LogP contribution >= 0.6 is 11.6 Å². The molecule has 3 nitrogen and oxygen atoms in total. The molecule has 1 aliphatic carbocycles.